The maximum Gasteiger partial charge on any atom is 0.220 e. The largest absolute Gasteiger partial charge is 0.370 e. The summed E-state index contributed by atoms with van der Waals surface area (Å²) in [6.45, 7) is 5.15. The van der Waals surface area contributed by atoms with Gasteiger partial charge in [-0.15, -0.1) is 0 Å². The number of carbonyl (C=O) groups excluding carboxylic acids is 3. The van der Waals surface area contributed by atoms with E-state index in [9.17, 15) is 24.5 Å². The molecule has 0 aliphatic rings. The van der Waals surface area contributed by atoms with Gasteiger partial charge in [0.15, 0.2) is 0 Å². The first-order valence-corrected chi connectivity index (χ1v) is 8.26. The zero-order chi connectivity index (χ0) is 18.8. The summed E-state index contributed by atoms with van der Waals surface area (Å²) < 4.78 is 0. The molecule has 0 aromatic rings. The van der Waals surface area contributed by atoms with E-state index in [1.54, 1.807) is 13.8 Å². The van der Waals surface area contributed by atoms with Gasteiger partial charge in [0.05, 0.1) is 0 Å². The van der Waals surface area contributed by atoms with Crippen LogP contribution in [-0.4, -0.2) is 34.1 Å². The molecule has 3 N–H and O–H groups in total. The van der Waals surface area contributed by atoms with E-state index in [2.05, 4.69) is 5.32 Å². The van der Waals surface area contributed by atoms with Crippen molar-refractivity contribution in [1.29, 1.82) is 0 Å². The van der Waals surface area contributed by atoms with Gasteiger partial charge in [0.2, 0.25) is 17.4 Å². The lowest BCUT2D eigenvalue weighted by atomic mass is 9.88. The van der Waals surface area contributed by atoms with Gasteiger partial charge in [-0.3, -0.25) is 19.7 Å². The van der Waals surface area contributed by atoms with Gasteiger partial charge in [0, 0.05) is 49.5 Å². The number of nitro groups is 1. The molecule has 0 rings (SSSR count). The van der Waals surface area contributed by atoms with Crippen molar-refractivity contribution in [2.45, 2.75) is 83.2 Å². The van der Waals surface area contributed by atoms with Crippen molar-refractivity contribution in [3.63, 3.8) is 0 Å². The van der Waals surface area contributed by atoms with Crippen molar-refractivity contribution in [2.75, 3.05) is 0 Å². The molecule has 2 amide bonds. The van der Waals surface area contributed by atoms with Crippen LogP contribution in [0.25, 0.3) is 0 Å². The Labute approximate surface area is 142 Å². The fourth-order valence-corrected chi connectivity index (χ4v) is 2.65. The van der Waals surface area contributed by atoms with Crippen molar-refractivity contribution in [2.24, 2.45) is 5.73 Å². The van der Waals surface area contributed by atoms with Crippen molar-refractivity contribution in [3.8, 4) is 0 Å². The van der Waals surface area contributed by atoms with E-state index in [4.69, 9.17) is 5.73 Å². The first-order chi connectivity index (χ1) is 11.1. The van der Waals surface area contributed by atoms with E-state index in [1.165, 1.54) is 0 Å². The summed E-state index contributed by atoms with van der Waals surface area (Å²) in [7, 11) is 0. The van der Waals surface area contributed by atoms with E-state index in [0.717, 1.165) is 6.29 Å². The Balaban J connectivity index is 4.77. The van der Waals surface area contributed by atoms with Crippen LogP contribution in [-0.2, 0) is 14.4 Å². The minimum Gasteiger partial charge on any atom is -0.370 e. The highest BCUT2D eigenvalue weighted by Crippen LogP contribution is 2.24. The lowest BCUT2D eigenvalue weighted by Crippen LogP contribution is -2.47. The molecular formula is C16H29N3O5. The van der Waals surface area contributed by atoms with Crippen LogP contribution in [0.1, 0.15) is 72.1 Å². The third-order valence-corrected chi connectivity index (χ3v) is 4.30. The molecule has 0 heterocycles. The van der Waals surface area contributed by atoms with Gasteiger partial charge in [-0.1, -0.05) is 6.92 Å². The first kappa shape index (κ1) is 22.0. The van der Waals surface area contributed by atoms with E-state index < -0.39 is 17.0 Å². The Morgan fingerprint density at radius 2 is 1.79 bits per heavy atom. The molecule has 0 radical (unpaired) electrons. The van der Waals surface area contributed by atoms with Crippen LogP contribution in [0.5, 0.6) is 0 Å². The van der Waals surface area contributed by atoms with Crippen molar-refractivity contribution < 1.29 is 19.3 Å². The van der Waals surface area contributed by atoms with Crippen molar-refractivity contribution in [3.05, 3.63) is 10.1 Å². The van der Waals surface area contributed by atoms with Crippen molar-refractivity contribution in [1.82, 2.24) is 5.32 Å². The third kappa shape index (κ3) is 8.03. The summed E-state index contributed by atoms with van der Waals surface area (Å²) in [5.74, 6) is -0.803. The molecule has 0 spiro atoms. The van der Waals surface area contributed by atoms with Crippen LogP contribution < -0.4 is 11.1 Å². The molecule has 0 aliphatic carbocycles. The number of amides is 2. The van der Waals surface area contributed by atoms with Crippen LogP contribution in [0.2, 0.25) is 0 Å². The third-order valence-electron chi connectivity index (χ3n) is 4.30. The van der Waals surface area contributed by atoms with Crippen LogP contribution in [0.4, 0.5) is 0 Å². The maximum atomic E-state index is 12.2. The molecular weight excluding hydrogens is 314 g/mol. The number of aldehydes is 1. The summed E-state index contributed by atoms with van der Waals surface area (Å²) in [5, 5.41) is 14.0. The molecule has 2 atom stereocenters. The Bertz CT molecular complexity index is 469. The summed E-state index contributed by atoms with van der Waals surface area (Å²) in [5.41, 5.74) is 3.29. The zero-order valence-corrected chi connectivity index (χ0v) is 14.8. The predicted molar refractivity (Wildman–Crippen MR) is 89.8 cm³/mol. The van der Waals surface area contributed by atoms with Gasteiger partial charge in [0.25, 0.3) is 0 Å². The number of rotatable bonds is 13. The minimum atomic E-state index is -1.13. The molecule has 24 heavy (non-hydrogen) atoms. The van der Waals surface area contributed by atoms with E-state index in [0.29, 0.717) is 25.7 Å². The number of hydrogen-bond donors (Lipinski definition) is 2. The Hall–Kier alpha value is -1.99. The number of nitrogens with zero attached hydrogens (tertiary/aromatic N) is 1. The molecule has 0 bridgehead atoms. The van der Waals surface area contributed by atoms with Gasteiger partial charge in [0.1, 0.15) is 6.29 Å². The molecule has 0 saturated heterocycles. The first-order valence-electron chi connectivity index (χ1n) is 8.26. The van der Waals surface area contributed by atoms with Gasteiger partial charge < -0.3 is 15.8 Å². The molecule has 0 aromatic carbocycles. The number of primary amides is 1. The van der Waals surface area contributed by atoms with Crippen LogP contribution in [0.15, 0.2) is 0 Å². The molecule has 0 saturated carbocycles. The average Bonchev–Trinajstić information content (AvgIpc) is 2.49. The molecule has 0 fully saturated rings. The second kappa shape index (κ2) is 10.00. The second-order valence-electron chi connectivity index (χ2n) is 6.78. The molecule has 2 unspecified atom stereocenters. The van der Waals surface area contributed by atoms with E-state index in [1.807, 2.05) is 6.92 Å². The molecule has 138 valence electrons. The zero-order valence-electron chi connectivity index (χ0n) is 14.8. The number of carbonyl (C=O) groups is 3. The molecule has 0 aliphatic heterocycles. The van der Waals surface area contributed by atoms with Gasteiger partial charge in [-0.2, -0.15) is 0 Å². The standard InChI is InChI=1S/C16H29N3O5/c1-4-8-16(3,19(23)24)11-7-14(22)18-15(2,9-5-12-20)10-6-13(17)21/h12H,4-11H2,1-3H3,(H2,17,21)(H,18,22). The Kier molecular flexibility index (Phi) is 9.17. The van der Waals surface area contributed by atoms with Crippen LogP contribution in [0, 0.1) is 10.1 Å². The number of hydrogen-bond acceptors (Lipinski definition) is 5. The Morgan fingerprint density at radius 1 is 1.17 bits per heavy atom. The van der Waals surface area contributed by atoms with Gasteiger partial charge in [-0.25, -0.2) is 0 Å². The molecule has 8 nitrogen and oxygen atoms in total. The predicted octanol–water partition coefficient (Wildman–Crippen LogP) is 1.72. The highest BCUT2D eigenvalue weighted by atomic mass is 16.6. The second-order valence-corrected chi connectivity index (χ2v) is 6.78. The quantitative estimate of drug-likeness (QED) is 0.298. The van der Waals surface area contributed by atoms with Crippen LogP contribution >= 0.6 is 0 Å². The summed E-state index contributed by atoms with van der Waals surface area (Å²) in [4.78, 5) is 44.7. The van der Waals surface area contributed by atoms with Crippen LogP contribution in [0.3, 0.4) is 0 Å². The lowest BCUT2D eigenvalue weighted by Gasteiger charge is -2.30. The maximum absolute atomic E-state index is 12.2. The topological polar surface area (TPSA) is 132 Å². The minimum absolute atomic E-state index is 0.0186. The Morgan fingerprint density at radius 3 is 2.25 bits per heavy atom. The fourth-order valence-electron chi connectivity index (χ4n) is 2.65. The van der Waals surface area contributed by atoms with Crippen molar-refractivity contribution >= 4 is 18.1 Å². The highest BCUT2D eigenvalue weighted by molar-refractivity contribution is 5.77. The average molecular weight is 343 g/mol. The van der Waals surface area contributed by atoms with E-state index in [-0.39, 0.29) is 36.5 Å². The monoisotopic (exact) mass is 343 g/mol. The molecule has 8 heteroatoms. The summed E-state index contributed by atoms with van der Waals surface area (Å²) in [6.07, 6.45) is 3.02. The SMILES string of the molecule is CCCC(C)(CCC(=O)NC(C)(CCC=O)CCC(N)=O)[N+](=O)[O-]. The normalized spacial score (nSPS) is 15.8. The number of nitrogens with two attached hydrogens (primary N) is 1. The summed E-state index contributed by atoms with van der Waals surface area (Å²) >= 11 is 0. The highest BCUT2D eigenvalue weighted by Gasteiger charge is 2.37. The van der Waals surface area contributed by atoms with E-state index >= 15 is 0 Å². The van der Waals surface area contributed by atoms with Gasteiger partial charge in [-0.05, 0) is 26.2 Å². The smallest absolute Gasteiger partial charge is 0.220 e. The lowest BCUT2D eigenvalue weighted by molar-refractivity contribution is -0.567. The van der Waals surface area contributed by atoms with Gasteiger partial charge >= 0.3 is 0 Å². The number of nitrogens with one attached hydrogen (secondary N) is 1. The molecule has 0 aromatic heterocycles. The summed E-state index contributed by atoms with van der Waals surface area (Å²) in [6, 6.07) is 0. The fraction of sp³-hybridized carbons (Fsp3) is 0.812.